The van der Waals surface area contributed by atoms with Crippen LogP contribution < -0.4 is 0 Å². The van der Waals surface area contributed by atoms with E-state index in [2.05, 4.69) is 47.4 Å². The van der Waals surface area contributed by atoms with Crippen molar-refractivity contribution in [2.24, 2.45) is 0 Å². The Labute approximate surface area is 166 Å². The van der Waals surface area contributed by atoms with Gasteiger partial charge in [0.1, 0.15) is 16.3 Å². The minimum atomic E-state index is 0.496. The van der Waals surface area contributed by atoms with Crippen LogP contribution in [0.2, 0.25) is 5.15 Å². The van der Waals surface area contributed by atoms with Crippen molar-refractivity contribution in [1.82, 2.24) is 4.98 Å². The SMILES string of the molecule is Clc1cc(-c2cccc3c2ccc2c4ccccc4oc32)c2ccccc2n1. The maximum atomic E-state index is 6.34. The van der Waals surface area contributed by atoms with Gasteiger partial charge in [-0.2, -0.15) is 0 Å². The van der Waals surface area contributed by atoms with Crippen molar-refractivity contribution in [3.8, 4) is 11.1 Å². The van der Waals surface area contributed by atoms with Crippen molar-refractivity contribution in [3.05, 3.63) is 90.1 Å². The molecule has 28 heavy (non-hydrogen) atoms. The molecule has 0 radical (unpaired) electrons. The molecule has 0 aliphatic rings. The fourth-order valence-electron chi connectivity index (χ4n) is 4.14. The zero-order valence-electron chi connectivity index (χ0n) is 14.8. The molecule has 4 aromatic carbocycles. The van der Waals surface area contributed by atoms with E-state index in [0.29, 0.717) is 5.15 Å². The van der Waals surface area contributed by atoms with Crippen LogP contribution in [0.4, 0.5) is 0 Å². The van der Waals surface area contributed by atoms with Crippen LogP contribution in [0.3, 0.4) is 0 Å². The number of fused-ring (bicyclic) bond motifs is 6. The molecule has 3 heteroatoms. The topological polar surface area (TPSA) is 26.0 Å². The molecule has 6 aromatic rings. The Kier molecular flexibility index (Phi) is 3.26. The van der Waals surface area contributed by atoms with Gasteiger partial charge >= 0.3 is 0 Å². The Balaban J connectivity index is 1.75. The second-order valence-corrected chi connectivity index (χ2v) is 7.34. The molecule has 2 aromatic heterocycles. The number of halogens is 1. The van der Waals surface area contributed by atoms with Gasteiger partial charge in [-0.25, -0.2) is 4.98 Å². The van der Waals surface area contributed by atoms with Crippen molar-refractivity contribution in [3.63, 3.8) is 0 Å². The number of furan rings is 1. The van der Waals surface area contributed by atoms with Crippen LogP contribution in [0.5, 0.6) is 0 Å². The number of nitrogens with zero attached hydrogens (tertiary/aromatic N) is 1. The first-order chi connectivity index (χ1) is 13.8. The van der Waals surface area contributed by atoms with E-state index >= 15 is 0 Å². The van der Waals surface area contributed by atoms with E-state index in [0.717, 1.165) is 54.7 Å². The highest BCUT2D eigenvalue weighted by molar-refractivity contribution is 6.30. The van der Waals surface area contributed by atoms with E-state index in [9.17, 15) is 0 Å². The summed E-state index contributed by atoms with van der Waals surface area (Å²) in [5.41, 5.74) is 4.93. The lowest BCUT2D eigenvalue weighted by molar-refractivity contribution is 0.672. The van der Waals surface area contributed by atoms with Gasteiger partial charge in [-0.1, -0.05) is 72.3 Å². The molecule has 0 spiro atoms. The molecule has 6 rings (SSSR count). The number of aromatic nitrogens is 1. The molecule has 0 atom stereocenters. The zero-order chi connectivity index (χ0) is 18.7. The molecular formula is C25H14ClNO. The monoisotopic (exact) mass is 379 g/mol. The predicted octanol–water partition coefficient (Wildman–Crippen LogP) is 7.61. The van der Waals surface area contributed by atoms with Crippen LogP contribution in [-0.2, 0) is 0 Å². The minimum absolute atomic E-state index is 0.496. The molecule has 0 saturated heterocycles. The van der Waals surface area contributed by atoms with Crippen molar-refractivity contribution >= 4 is 55.2 Å². The first-order valence-corrected chi connectivity index (χ1v) is 9.56. The van der Waals surface area contributed by atoms with Crippen LogP contribution in [0, 0.1) is 0 Å². The van der Waals surface area contributed by atoms with Gasteiger partial charge in [-0.3, -0.25) is 0 Å². The van der Waals surface area contributed by atoms with E-state index in [1.54, 1.807) is 0 Å². The normalized spacial score (nSPS) is 11.8. The van der Waals surface area contributed by atoms with Crippen LogP contribution in [0.1, 0.15) is 0 Å². The lowest BCUT2D eigenvalue weighted by Gasteiger charge is -2.11. The van der Waals surface area contributed by atoms with Crippen LogP contribution in [0.15, 0.2) is 89.3 Å². The van der Waals surface area contributed by atoms with E-state index < -0.39 is 0 Å². The number of pyridine rings is 1. The van der Waals surface area contributed by atoms with Gasteiger partial charge in [0, 0.05) is 21.5 Å². The molecule has 0 amide bonds. The van der Waals surface area contributed by atoms with Crippen molar-refractivity contribution < 1.29 is 4.42 Å². The zero-order valence-corrected chi connectivity index (χ0v) is 15.6. The third kappa shape index (κ3) is 2.19. The summed E-state index contributed by atoms with van der Waals surface area (Å²) in [7, 11) is 0. The average molecular weight is 380 g/mol. The fourth-order valence-corrected chi connectivity index (χ4v) is 4.34. The Morgan fingerprint density at radius 3 is 2.25 bits per heavy atom. The largest absolute Gasteiger partial charge is 0.455 e. The van der Waals surface area contributed by atoms with E-state index in [-0.39, 0.29) is 0 Å². The quantitative estimate of drug-likeness (QED) is 0.275. The molecule has 0 fully saturated rings. The van der Waals surface area contributed by atoms with Gasteiger partial charge in [-0.15, -0.1) is 0 Å². The summed E-state index contributed by atoms with van der Waals surface area (Å²) in [6.45, 7) is 0. The molecule has 2 nitrogen and oxygen atoms in total. The molecule has 0 aliphatic carbocycles. The molecule has 0 unspecified atom stereocenters. The maximum absolute atomic E-state index is 6.34. The highest BCUT2D eigenvalue weighted by atomic mass is 35.5. The lowest BCUT2D eigenvalue weighted by Crippen LogP contribution is -1.87. The third-order valence-corrected chi connectivity index (χ3v) is 5.57. The second-order valence-electron chi connectivity index (χ2n) is 6.95. The smallest absolute Gasteiger partial charge is 0.143 e. The average Bonchev–Trinajstić information content (AvgIpc) is 3.12. The number of hydrogen-bond donors (Lipinski definition) is 0. The Bertz CT molecular complexity index is 1530. The first kappa shape index (κ1) is 15.7. The molecule has 132 valence electrons. The predicted molar refractivity (Wildman–Crippen MR) is 117 cm³/mol. The number of hydrogen-bond acceptors (Lipinski definition) is 2. The Morgan fingerprint density at radius 1 is 0.607 bits per heavy atom. The van der Waals surface area contributed by atoms with Gasteiger partial charge in [0.05, 0.1) is 5.52 Å². The number of benzene rings is 4. The molecule has 0 N–H and O–H groups in total. The van der Waals surface area contributed by atoms with Gasteiger partial charge in [0.25, 0.3) is 0 Å². The highest BCUT2D eigenvalue weighted by Gasteiger charge is 2.14. The van der Waals surface area contributed by atoms with E-state index in [4.69, 9.17) is 16.0 Å². The summed E-state index contributed by atoms with van der Waals surface area (Å²) in [6, 6.07) is 28.9. The Morgan fingerprint density at radius 2 is 1.32 bits per heavy atom. The summed E-state index contributed by atoms with van der Waals surface area (Å²) in [4.78, 5) is 4.47. The summed E-state index contributed by atoms with van der Waals surface area (Å²) in [6.07, 6.45) is 0. The molecule has 0 aliphatic heterocycles. The second kappa shape index (κ2) is 5.82. The third-order valence-electron chi connectivity index (χ3n) is 5.38. The fraction of sp³-hybridized carbons (Fsp3) is 0. The summed E-state index contributed by atoms with van der Waals surface area (Å²) >= 11 is 6.34. The van der Waals surface area contributed by atoms with Crippen molar-refractivity contribution in [2.75, 3.05) is 0 Å². The maximum Gasteiger partial charge on any atom is 0.143 e. The van der Waals surface area contributed by atoms with Crippen LogP contribution in [0.25, 0.3) is 54.7 Å². The van der Waals surface area contributed by atoms with Gasteiger partial charge < -0.3 is 4.42 Å². The first-order valence-electron chi connectivity index (χ1n) is 9.18. The summed E-state index contributed by atoms with van der Waals surface area (Å²) in [5, 5.41) is 6.10. The van der Waals surface area contributed by atoms with Crippen molar-refractivity contribution in [2.45, 2.75) is 0 Å². The highest BCUT2D eigenvalue weighted by Crippen LogP contribution is 2.39. The minimum Gasteiger partial charge on any atom is -0.455 e. The molecular weight excluding hydrogens is 366 g/mol. The Hall–Kier alpha value is -3.36. The number of para-hydroxylation sites is 2. The summed E-state index contributed by atoms with van der Waals surface area (Å²) < 4.78 is 6.23. The van der Waals surface area contributed by atoms with E-state index in [1.165, 1.54) is 0 Å². The van der Waals surface area contributed by atoms with Crippen LogP contribution in [-0.4, -0.2) is 4.98 Å². The lowest BCUT2D eigenvalue weighted by atomic mass is 9.95. The van der Waals surface area contributed by atoms with E-state index in [1.807, 2.05) is 42.5 Å². The summed E-state index contributed by atoms with van der Waals surface area (Å²) in [5.74, 6) is 0. The number of rotatable bonds is 1. The molecule has 0 saturated carbocycles. The van der Waals surface area contributed by atoms with Gasteiger partial charge in [0.2, 0.25) is 0 Å². The van der Waals surface area contributed by atoms with Gasteiger partial charge in [-0.05, 0) is 40.8 Å². The molecule has 0 bridgehead atoms. The standard InChI is InChI=1S/C25H14ClNO/c26-24-14-21(17-6-1-3-10-22(17)27-24)15-8-5-9-19-16(15)12-13-20-18-7-2-4-11-23(18)28-25(19)20/h1-14H. The van der Waals surface area contributed by atoms with Gasteiger partial charge in [0.15, 0.2) is 0 Å². The van der Waals surface area contributed by atoms with Crippen LogP contribution >= 0.6 is 11.6 Å². The van der Waals surface area contributed by atoms with Crippen molar-refractivity contribution in [1.29, 1.82) is 0 Å². The molecule has 2 heterocycles.